The van der Waals surface area contributed by atoms with Crippen LogP contribution in [-0.2, 0) is 10.0 Å². The SMILES string of the molecule is CCCS(=O)(=O)N1CCN(C2(CCC(=O)c3c(C)cccc3F)CCCCC2)CC1. The van der Waals surface area contributed by atoms with Gasteiger partial charge in [-0.05, 0) is 44.2 Å². The zero-order valence-corrected chi connectivity index (χ0v) is 19.1. The number of hydrogen-bond acceptors (Lipinski definition) is 4. The van der Waals surface area contributed by atoms with Gasteiger partial charge in [0.15, 0.2) is 5.78 Å². The Hall–Kier alpha value is -1.31. The number of piperazine rings is 1. The van der Waals surface area contributed by atoms with Crippen LogP contribution in [0.3, 0.4) is 0 Å². The van der Waals surface area contributed by atoms with Crippen LogP contribution in [-0.4, -0.2) is 60.9 Å². The fourth-order valence-corrected chi connectivity index (χ4v) is 6.71. The lowest BCUT2D eigenvalue weighted by molar-refractivity contribution is 0.0165. The van der Waals surface area contributed by atoms with Gasteiger partial charge in [0.2, 0.25) is 10.0 Å². The quantitative estimate of drug-likeness (QED) is 0.572. The third-order valence-electron chi connectivity index (χ3n) is 6.87. The van der Waals surface area contributed by atoms with Crippen LogP contribution in [0.1, 0.15) is 74.2 Å². The highest BCUT2D eigenvalue weighted by Gasteiger charge is 2.40. The van der Waals surface area contributed by atoms with Crippen LogP contribution in [0, 0.1) is 12.7 Å². The fraction of sp³-hybridized carbons (Fsp3) is 0.696. The zero-order valence-electron chi connectivity index (χ0n) is 18.3. The van der Waals surface area contributed by atoms with Gasteiger partial charge in [-0.15, -0.1) is 0 Å². The summed E-state index contributed by atoms with van der Waals surface area (Å²) in [4.78, 5) is 15.3. The van der Waals surface area contributed by atoms with Crippen molar-refractivity contribution < 1.29 is 17.6 Å². The Balaban J connectivity index is 1.69. The van der Waals surface area contributed by atoms with E-state index in [1.807, 2.05) is 6.92 Å². The van der Waals surface area contributed by atoms with E-state index in [1.54, 1.807) is 23.4 Å². The standard InChI is InChI=1S/C23H35FN2O3S/c1-3-18-30(28,29)26-16-14-25(15-17-26)23(11-5-4-6-12-23)13-10-21(27)22-19(2)8-7-9-20(22)24/h7-9H,3-6,10-18H2,1-2H3. The van der Waals surface area contributed by atoms with Crippen LogP contribution in [0.4, 0.5) is 4.39 Å². The summed E-state index contributed by atoms with van der Waals surface area (Å²) >= 11 is 0. The molecule has 1 heterocycles. The van der Waals surface area contributed by atoms with Crippen molar-refractivity contribution in [2.24, 2.45) is 0 Å². The molecule has 0 radical (unpaired) electrons. The summed E-state index contributed by atoms with van der Waals surface area (Å²) in [5, 5.41) is 0. The smallest absolute Gasteiger partial charge is 0.214 e. The van der Waals surface area contributed by atoms with Crippen molar-refractivity contribution in [2.75, 3.05) is 31.9 Å². The van der Waals surface area contributed by atoms with E-state index < -0.39 is 15.8 Å². The molecular formula is C23H35FN2O3S. The molecule has 0 atom stereocenters. The molecule has 168 valence electrons. The molecule has 0 amide bonds. The minimum atomic E-state index is -3.17. The number of ketones is 1. The van der Waals surface area contributed by atoms with E-state index in [0.717, 1.165) is 25.7 Å². The van der Waals surface area contributed by atoms with Gasteiger partial charge in [0.25, 0.3) is 0 Å². The lowest BCUT2D eigenvalue weighted by atomic mass is 9.76. The van der Waals surface area contributed by atoms with Gasteiger partial charge in [-0.1, -0.05) is 38.3 Å². The maximum atomic E-state index is 14.2. The minimum absolute atomic E-state index is 0.0757. The second kappa shape index (κ2) is 9.88. The van der Waals surface area contributed by atoms with E-state index in [0.29, 0.717) is 51.0 Å². The molecule has 1 aliphatic heterocycles. The largest absolute Gasteiger partial charge is 0.295 e. The van der Waals surface area contributed by atoms with Gasteiger partial charge in [0, 0.05) is 38.1 Å². The van der Waals surface area contributed by atoms with Crippen molar-refractivity contribution in [2.45, 2.75) is 70.8 Å². The zero-order chi connectivity index (χ0) is 21.8. The summed E-state index contributed by atoms with van der Waals surface area (Å²) in [6.07, 6.45) is 7.17. The fourth-order valence-electron chi connectivity index (χ4n) is 5.22. The molecule has 1 saturated carbocycles. The highest BCUT2D eigenvalue weighted by molar-refractivity contribution is 7.89. The first-order valence-electron chi connectivity index (χ1n) is 11.3. The van der Waals surface area contributed by atoms with E-state index in [9.17, 15) is 17.6 Å². The van der Waals surface area contributed by atoms with Crippen molar-refractivity contribution in [1.82, 2.24) is 9.21 Å². The lowest BCUT2D eigenvalue weighted by Gasteiger charge is -2.50. The van der Waals surface area contributed by atoms with E-state index in [-0.39, 0.29) is 22.6 Å². The molecule has 1 saturated heterocycles. The lowest BCUT2D eigenvalue weighted by Crippen LogP contribution is -2.58. The monoisotopic (exact) mass is 438 g/mol. The molecule has 0 unspecified atom stereocenters. The Labute approximate surface area is 180 Å². The number of Topliss-reactive ketones (excluding diaryl/α,β-unsaturated/α-hetero) is 1. The molecule has 1 aliphatic carbocycles. The Morgan fingerprint density at radius 2 is 1.77 bits per heavy atom. The third kappa shape index (κ3) is 5.11. The van der Waals surface area contributed by atoms with Gasteiger partial charge in [-0.2, -0.15) is 4.31 Å². The Morgan fingerprint density at radius 1 is 1.10 bits per heavy atom. The Kier molecular flexibility index (Phi) is 7.69. The van der Waals surface area contributed by atoms with Gasteiger partial charge in [0.05, 0.1) is 11.3 Å². The molecule has 1 aromatic rings. The van der Waals surface area contributed by atoms with Gasteiger partial charge < -0.3 is 0 Å². The Morgan fingerprint density at radius 3 is 2.37 bits per heavy atom. The highest BCUT2D eigenvalue weighted by atomic mass is 32.2. The molecule has 0 spiro atoms. The number of rotatable bonds is 8. The number of nitrogens with zero attached hydrogens (tertiary/aromatic N) is 2. The normalized spacial score (nSPS) is 20.9. The predicted octanol–water partition coefficient (Wildman–Crippen LogP) is 4.16. The maximum Gasteiger partial charge on any atom is 0.214 e. The van der Waals surface area contributed by atoms with Gasteiger partial charge >= 0.3 is 0 Å². The van der Waals surface area contributed by atoms with Crippen LogP contribution in [0.2, 0.25) is 0 Å². The van der Waals surface area contributed by atoms with Crippen LogP contribution < -0.4 is 0 Å². The summed E-state index contributed by atoms with van der Waals surface area (Å²) in [6, 6.07) is 4.77. The average Bonchev–Trinajstić information content (AvgIpc) is 2.73. The molecule has 30 heavy (non-hydrogen) atoms. The molecule has 7 heteroatoms. The number of aryl methyl sites for hydroxylation is 1. The summed E-state index contributed by atoms with van der Waals surface area (Å²) in [5.41, 5.74) is 0.833. The van der Waals surface area contributed by atoms with Crippen molar-refractivity contribution >= 4 is 15.8 Å². The molecule has 2 aliphatic rings. The van der Waals surface area contributed by atoms with Gasteiger partial charge in [-0.25, -0.2) is 12.8 Å². The van der Waals surface area contributed by atoms with Crippen molar-refractivity contribution in [3.63, 3.8) is 0 Å². The minimum Gasteiger partial charge on any atom is -0.295 e. The summed E-state index contributed by atoms with van der Waals surface area (Å²) in [6.45, 7) is 6.11. The number of benzene rings is 1. The number of sulfonamides is 1. The molecular weight excluding hydrogens is 403 g/mol. The molecule has 5 nitrogen and oxygen atoms in total. The van der Waals surface area contributed by atoms with E-state index in [2.05, 4.69) is 4.90 Å². The first kappa shape index (κ1) is 23.4. The molecule has 0 aromatic heterocycles. The predicted molar refractivity (Wildman–Crippen MR) is 118 cm³/mol. The van der Waals surface area contributed by atoms with Gasteiger partial charge in [0.1, 0.15) is 5.82 Å². The van der Waals surface area contributed by atoms with E-state index >= 15 is 0 Å². The van der Waals surface area contributed by atoms with Crippen molar-refractivity contribution in [3.8, 4) is 0 Å². The first-order valence-corrected chi connectivity index (χ1v) is 12.9. The van der Waals surface area contributed by atoms with Crippen molar-refractivity contribution in [1.29, 1.82) is 0 Å². The molecule has 0 N–H and O–H groups in total. The van der Waals surface area contributed by atoms with Gasteiger partial charge in [-0.3, -0.25) is 9.69 Å². The Bertz CT molecular complexity index is 822. The number of carbonyl (C=O) groups excluding carboxylic acids is 1. The van der Waals surface area contributed by atoms with Crippen LogP contribution in [0.25, 0.3) is 0 Å². The molecule has 0 bridgehead atoms. The summed E-state index contributed by atoms with van der Waals surface area (Å²) in [7, 11) is -3.17. The molecule has 1 aromatic carbocycles. The second-order valence-electron chi connectivity index (χ2n) is 8.84. The maximum absolute atomic E-state index is 14.2. The van der Waals surface area contributed by atoms with Crippen LogP contribution in [0.5, 0.6) is 0 Å². The summed E-state index contributed by atoms with van der Waals surface area (Å²) < 4.78 is 40.7. The van der Waals surface area contributed by atoms with E-state index in [4.69, 9.17) is 0 Å². The first-order chi connectivity index (χ1) is 14.3. The van der Waals surface area contributed by atoms with Crippen molar-refractivity contribution in [3.05, 3.63) is 35.1 Å². The molecule has 2 fully saturated rings. The third-order valence-corrected chi connectivity index (χ3v) is 8.94. The van der Waals surface area contributed by atoms with Crippen LogP contribution >= 0.6 is 0 Å². The van der Waals surface area contributed by atoms with E-state index in [1.165, 1.54) is 12.5 Å². The summed E-state index contributed by atoms with van der Waals surface area (Å²) in [5.74, 6) is -0.360. The topological polar surface area (TPSA) is 57.7 Å². The van der Waals surface area contributed by atoms with Crippen LogP contribution in [0.15, 0.2) is 18.2 Å². The number of carbonyl (C=O) groups is 1. The highest BCUT2D eigenvalue weighted by Crippen LogP contribution is 2.38. The number of hydrogen-bond donors (Lipinski definition) is 0. The molecule has 3 rings (SSSR count). The average molecular weight is 439 g/mol. The number of halogens is 1. The second-order valence-corrected chi connectivity index (χ2v) is 10.9.